The van der Waals surface area contributed by atoms with Crippen molar-refractivity contribution in [3.05, 3.63) is 59.1 Å². The van der Waals surface area contributed by atoms with Crippen molar-refractivity contribution in [1.29, 1.82) is 0 Å². The summed E-state index contributed by atoms with van der Waals surface area (Å²) in [5.41, 5.74) is 0.981. The quantitative estimate of drug-likeness (QED) is 0.804. The first-order valence-corrected chi connectivity index (χ1v) is 7.08. The van der Waals surface area contributed by atoms with Crippen LogP contribution in [0.3, 0.4) is 0 Å². The van der Waals surface area contributed by atoms with E-state index < -0.39 is 0 Å². The zero-order valence-electron chi connectivity index (χ0n) is 12.1. The van der Waals surface area contributed by atoms with Gasteiger partial charge in [-0.05, 0) is 42.0 Å². The van der Waals surface area contributed by atoms with Crippen LogP contribution in [0.15, 0.2) is 48.5 Å². The average molecular weight is 321 g/mol. The van der Waals surface area contributed by atoms with Crippen LogP contribution >= 0.6 is 11.6 Å². The van der Waals surface area contributed by atoms with Crippen LogP contribution in [-0.2, 0) is 6.54 Å². The topological polar surface area (TPSA) is 59.6 Å². The van der Waals surface area contributed by atoms with E-state index in [1.165, 1.54) is 0 Å². The predicted octanol–water partition coefficient (Wildman–Crippen LogP) is 3.18. The van der Waals surface area contributed by atoms with E-state index in [1.54, 1.807) is 31.4 Å². The highest BCUT2D eigenvalue weighted by molar-refractivity contribution is 6.30. The maximum Gasteiger partial charge on any atom is 0.317 e. The molecule has 0 saturated heterocycles. The Bertz CT molecular complexity index is 600. The summed E-state index contributed by atoms with van der Waals surface area (Å²) in [6, 6.07) is 14.1. The second-order valence-corrected chi connectivity index (χ2v) is 4.89. The van der Waals surface area contributed by atoms with Crippen molar-refractivity contribution >= 4 is 17.6 Å². The molecule has 0 spiro atoms. The van der Waals surface area contributed by atoms with Gasteiger partial charge in [0.05, 0.1) is 7.11 Å². The molecule has 0 fully saturated rings. The van der Waals surface area contributed by atoms with Gasteiger partial charge in [-0.15, -0.1) is 0 Å². The minimum absolute atomic E-state index is 0.0794. The molecule has 0 bridgehead atoms. The molecule has 0 aliphatic rings. The zero-order chi connectivity index (χ0) is 15.8. The third-order valence-electron chi connectivity index (χ3n) is 2.90. The number of nitrogens with one attached hydrogen (secondary N) is 2. The molecule has 0 heterocycles. The molecule has 0 aliphatic carbocycles. The Balaban J connectivity index is 1.68. The fourth-order valence-electron chi connectivity index (χ4n) is 1.70. The fraction of sp³-hybridized carbons (Fsp3) is 0.188. The van der Waals surface area contributed by atoms with Gasteiger partial charge in [0.15, 0.2) is 6.73 Å². The summed E-state index contributed by atoms with van der Waals surface area (Å²) < 4.78 is 10.4. The number of amides is 2. The molecule has 116 valence electrons. The summed E-state index contributed by atoms with van der Waals surface area (Å²) in [6.45, 7) is 0.507. The van der Waals surface area contributed by atoms with Crippen molar-refractivity contribution in [3.8, 4) is 11.5 Å². The molecule has 2 amide bonds. The normalized spacial score (nSPS) is 9.91. The number of carbonyl (C=O) groups is 1. The van der Waals surface area contributed by atoms with Crippen molar-refractivity contribution in [1.82, 2.24) is 10.6 Å². The lowest BCUT2D eigenvalue weighted by atomic mass is 10.2. The summed E-state index contributed by atoms with van der Waals surface area (Å²) in [7, 11) is 1.61. The third kappa shape index (κ3) is 5.18. The number of rotatable bonds is 6. The third-order valence-corrected chi connectivity index (χ3v) is 3.15. The van der Waals surface area contributed by atoms with E-state index in [4.69, 9.17) is 21.1 Å². The van der Waals surface area contributed by atoms with E-state index in [0.717, 1.165) is 11.3 Å². The number of methoxy groups -OCH3 is 1. The second kappa shape index (κ2) is 8.14. The van der Waals surface area contributed by atoms with Crippen molar-refractivity contribution in [2.75, 3.05) is 13.8 Å². The van der Waals surface area contributed by atoms with Gasteiger partial charge < -0.3 is 20.1 Å². The average Bonchev–Trinajstić information content (AvgIpc) is 2.55. The monoisotopic (exact) mass is 320 g/mol. The maximum absolute atomic E-state index is 11.6. The first-order chi connectivity index (χ1) is 10.7. The zero-order valence-corrected chi connectivity index (χ0v) is 12.9. The first kappa shape index (κ1) is 16.0. The molecule has 6 heteroatoms. The summed E-state index contributed by atoms with van der Waals surface area (Å²) in [6.07, 6.45) is 0. The largest absolute Gasteiger partial charge is 0.497 e. The molecular formula is C16H17ClN2O3. The van der Waals surface area contributed by atoms with Gasteiger partial charge in [-0.2, -0.15) is 0 Å². The molecule has 22 heavy (non-hydrogen) atoms. The van der Waals surface area contributed by atoms with Crippen molar-refractivity contribution < 1.29 is 14.3 Å². The number of halogens is 1. The van der Waals surface area contributed by atoms with E-state index in [9.17, 15) is 4.79 Å². The Morgan fingerprint density at radius 2 is 1.64 bits per heavy atom. The van der Waals surface area contributed by atoms with Crippen molar-refractivity contribution in [2.45, 2.75) is 6.54 Å². The standard InChI is InChI=1S/C16H17ClN2O3/c1-21-14-6-2-12(3-7-14)10-18-16(20)19-11-22-15-8-4-13(17)5-9-15/h2-9H,10-11H2,1H3,(H2,18,19,20). The number of benzene rings is 2. The molecule has 0 saturated carbocycles. The van der Waals surface area contributed by atoms with Gasteiger partial charge in [0, 0.05) is 11.6 Å². The van der Waals surface area contributed by atoms with Gasteiger partial charge in [0.1, 0.15) is 11.5 Å². The Morgan fingerprint density at radius 1 is 1.00 bits per heavy atom. The molecule has 0 atom stereocenters. The maximum atomic E-state index is 11.6. The number of urea groups is 1. The van der Waals surface area contributed by atoms with E-state index >= 15 is 0 Å². The van der Waals surface area contributed by atoms with E-state index in [0.29, 0.717) is 17.3 Å². The van der Waals surface area contributed by atoms with Crippen molar-refractivity contribution in [3.63, 3.8) is 0 Å². The number of ether oxygens (including phenoxy) is 2. The molecule has 0 unspecified atom stereocenters. The van der Waals surface area contributed by atoms with Crippen LogP contribution in [0.5, 0.6) is 11.5 Å². The van der Waals surface area contributed by atoms with Crippen LogP contribution < -0.4 is 20.1 Å². The van der Waals surface area contributed by atoms with Crippen molar-refractivity contribution in [2.24, 2.45) is 0 Å². The van der Waals surface area contributed by atoms with Gasteiger partial charge in [0.25, 0.3) is 0 Å². The SMILES string of the molecule is COc1ccc(CNC(=O)NCOc2ccc(Cl)cc2)cc1. The molecule has 0 aromatic heterocycles. The van der Waals surface area contributed by atoms with E-state index in [2.05, 4.69) is 10.6 Å². The van der Waals surface area contributed by atoms with Gasteiger partial charge in [-0.1, -0.05) is 23.7 Å². The number of carbonyl (C=O) groups excluding carboxylic acids is 1. The lowest BCUT2D eigenvalue weighted by Crippen LogP contribution is -2.37. The molecule has 5 nitrogen and oxygen atoms in total. The minimum Gasteiger partial charge on any atom is -0.497 e. The fourth-order valence-corrected chi connectivity index (χ4v) is 1.83. The van der Waals surface area contributed by atoms with Gasteiger partial charge in [-0.3, -0.25) is 0 Å². The van der Waals surface area contributed by atoms with Gasteiger partial charge in [0.2, 0.25) is 0 Å². The minimum atomic E-state index is -0.301. The van der Waals surface area contributed by atoms with Crippen LogP contribution in [0.1, 0.15) is 5.56 Å². The van der Waals surface area contributed by atoms with E-state index in [1.807, 2.05) is 24.3 Å². The van der Waals surface area contributed by atoms with Crippen LogP contribution in [0, 0.1) is 0 Å². The summed E-state index contributed by atoms with van der Waals surface area (Å²) in [5.74, 6) is 1.42. The van der Waals surface area contributed by atoms with Gasteiger partial charge in [-0.25, -0.2) is 4.79 Å². The smallest absolute Gasteiger partial charge is 0.317 e. The number of hydrogen-bond donors (Lipinski definition) is 2. The Kier molecular flexibility index (Phi) is 5.91. The highest BCUT2D eigenvalue weighted by Gasteiger charge is 2.01. The summed E-state index contributed by atoms with van der Waals surface area (Å²) >= 11 is 5.77. The summed E-state index contributed by atoms with van der Waals surface area (Å²) in [4.78, 5) is 11.6. The van der Waals surface area contributed by atoms with Gasteiger partial charge >= 0.3 is 6.03 Å². The van der Waals surface area contributed by atoms with Crippen LogP contribution in [0.4, 0.5) is 4.79 Å². The lowest BCUT2D eigenvalue weighted by molar-refractivity contribution is 0.223. The van der Waals surface area contributed by atoms with Crippen LogP contribution in [-0.4, -0.2) is 19.9 Å². The molecule has 2 aromatic rings. The molecule has 0 aliphatic heterocycles. The van der Waals surface area contributed by atoms with E-state index in [-0.39, 0.29) is 12.8 Å². The molecule has 2 N–H and O–H groups in total. The van der Waals surface area contributed by atoms with Crippen LogP contribution in [0.25, 0.3) is 0 Å². The first-order valence-electron chi connectivity index (χ1n) is 6.70. The molecule has 2 rings (SSSR count). The highest BCUT2D eigenvalue weighted by Crippen LogP contribution is 2.15. The second-order valence-electron chi connectivity index (χ2n) is 4.45. The lowest BCUT2D eigenvalue weighted by Gasteiger charge is -2.09. The molecular weight excluding hydrogens is 304 g/mol. The Morgan fingerprint density at radius 3 is 2.27 bits per heavy atom. The predicted molar refractivity (Wildman–Crippen MR) is 85.3 cm³/mol. The summed E-state index contributed by atoms with van der Waals surface area (Å²) in [5, 5.41) is 5.99. The Hall–Kier alpha value is -2.40. The number of hydrogen-bond acceptors (Lipinski definition) is 3. The van der Waals surface area contributed by atoms with Crippen LogP contribution in [0.2, 0.25) is 5.02 Å². The molecule has 2 aromatic carbocycles. The molecule has 0 radical (unpaired) electrons. The highest BCUT2D eigenvalue weighted by atomic mass is 35.5. The Labute approximate surface area is 134 Å².